The van der Waals surface area contributed by atoms with Gasteiger partial charge in [-0.25, -0.2) is 0 Å². The highest BCUT2D eigenvalue weighted by Crippen LogP contribution is 2.29. The lowest BCUT2D eigenvalue weighted by Gasteiger charge is -2.31. The fourth-order valence-corrected chi connectivity index (χ4v) is 2.75. The molecule has 1 nitrogen and oxygen atoms in total. The summed E-state index contributed by atoms with van der Waals surface area (Å²) in [4.78, 5) is 0. The van der Waals surface area contributed by atoms with Gasteiger partial charge in [0, 0.05) is 12.5 Å². The van der Waals surface area contributed by atoms with Gasteiger partial charge < -0.3 is 5.32 Å². The molecule has 1 saturated carbocycles. The van der Waals surface area contributed by atoms with Gasteiger partial charge in [-0.3, -0.25) is 0 Å². The molecule has 18 heavy (non-hydrogen) atoms. The van der Waals surface area contributed by atoms with Gasteiger partial charge in [-0.05, 0) is 56.9 Å². The van der Waals surface area contributed by atoms with Crippen LogP contribution in [0, 0.1) is 11.8 Å². The summed E-state index contributed by atoms with van der Waals surface area (Å²) in [6, 6.07) is 0.533. The summed E-state index contributed by atoms with van der Waals surface area (Å²) in [6.45, 7) is 5.28. The van der Waals surface area contributed by atoms with E-state index in [1.165, 1.54) is 25.7 Å². The van der Waals surface area contributed by atoms with Crippen molar-refractivity contribution < 1.29 is 13.2 Å². The van der Waals surface area contributed by atoms with Crippen LogP contribution in [0.15, 0.2) is 0 Å². The van der Waals surface area contributed by atoms with Gasteiger partial charge in [0.25, 0.3) is 0 Å². The molecular formula is C14H26F3N. The summed E-state index contributed by atoms with van der Waals surface area (Å²) in [7, 11) is 0. The van der Waals surface area contributed by atoms with Crippen LogP contribution in [0.4, 0.5) is 13.2 Å². The predicted octanol–water partition coefficient (Wildman–Crippen LogP) is 4.52. The van der Waals surface area contributed by atoms with Gasteiger partial charge in [-0.2, -0.15) is 13.2 Å². The van der Waals surface area contributed by atoms with Gasteiger partial charge in [0.05, 0.1) is 0 Å². The summed E-state index contributed by atoms with van der Waals surface area (Å²) in [5.74, 6) is 1.60. The molecule has 0 bridgehead atoms. The minimum Gasteiger partial charge on any atom is -0.314 e. The van der Waals surface area contributed by atoms with Gasteiger partial charge in [0.2, 0.25) is 0 Å². The number of hydrogen-bond donors (Lipinski definition) is 1. The molecule has 0 atom stereocenters. The van der Waals surface area contributed by atoms with E-state index in [1.54, 1.807) is 0 Å². The lowest BCUT2D eigenvalue weighted by Crippen LogP contribution is -2.34. The lowest BCUT2D eigenvalue weighted by molar-refractivity contribution is -0.135. The van der Waals surface area contributed by atoms with Crippen LogP contribution in [0.3, 0.4) is 0 Å². The van der Waals surface area contributed by atoms with Gasteiger partial charge in [0.15, 0.2) is 0 Å². The number of nitrogens with one attached hydrogen (secondary N) is 1. The Hall–Kier alpha value is -0.250. The SMILES string of the molecule is CC(C)C1CCC(NCCCCC(F)(F)F)CC1. The second kappa shape index (κ2) is 7.37. The first-order valence-electron chi connectivity index (χ1n) is 7.18. The van der Waals surface area contributed by atoms with Crippen molar-refractivity contribution in [2.24, 2.45) is 11.8 Å². The molecule has 0 aliphatic heterocycles. The molecule has 1 rings (SSSR count). The molecule has 0 unspecified atom stereocenters. The smallest absolute Gasteiger partial charge is 0.314 e. The second-order valence-corrected chi connectivity index (χ2v) is 5.88. The van der Waals surface area contributed by atoms with E-state index in [0.717, 1.165) is 18.4 Å². The molecule has 1 N–H and O–H groups in total. The Morgan fingerprint density at radius 1 is 1.06 bits per heavy atom. The van der Waals surface area contributed by atoms with E-state index < -0.39 is 12.6 Å². The minimum atomic E-state index is -3.99. The number of unbranched alkanes of at least 4 members (excludes halogenated alkanes) is 1. The van der Waals surface area contributed by atoms with Crippen molar-refractivity contribution in [1.29, 1.82) is 0 Å². The largest absolute Gasteiger partial charge is 0.389 e. The first-order valence-corrected chi connectivity index (χ1v) is 7.18. The Balaban J connectivity index is 2.01. The quantitative estimate of drug-likeness (QED) is 0.696. The summed E-state index contributed by atoms with van der Waals surface area (Å²) < 4.78 is 35.8. The maximum atomic E-state index is 11.9. The van der Waals surface area contributed by atoms with E-state index in [0.29, 0.717) is 12.5 Å². The van der Waals surface area contributed by atoms with Crippen molar-refractivity contribution in [3.63, 3.8) is 0 Å². The normalized spacial score (nSPS) is 25.7. The van der Waals surface area contributed by atoms with E-state index in [4.69, 9.17) is 0 Å². The van der Waals surface area contributed by atoms with Crippen LogP contribution >= 0.6 is 0 Å². The van der Waals surface area contributed by atoms with Crippen molar-refractivity contribution in [1.82, 2.24) is 5.32 Å². The topological polar surface area (TPSA) is 12.0 Å². The Morgan fingerprint density at radius 3 is 2.17 bits per heavy atom. The van der Waals surface area contributed by atoms with Gasteiger partial charge in [-0.15, -0.1) is 0 Å². The third kappa shape index (κ3) is 6.62. The second-order valence-electron chi connectivity index (χ2n) is 5.88. The van der Waals surface area contributed by atoms with Crippen LogP contribution < -0.4 is 5.32 Å². The molecule has 1 aliphatic carbocycles. The van der Waals surface area contributed by atoms with Crippen LogP contribution in [0.25, 0.3) is 0 Å². The zero-order valence-corrected chi connectivity index (χ0v) is 11.5. The maximum absolute atomic E-state index is 11.9. The molecule has 1 fully saturated rings. The molecule has 0 saturated heterocycles. The van der Waals surface area contributed by atoms with E-state index in [2.05, 4.69) is 19.2 Å². The monoisotopic (exact) mass is 265 g/mol. The van der Waals surface area contributed by atoms with E-state index in [-0.39, 0.29) is 6.42 Å². The van der Waals surface area contributed by atoms with Crippen LogP contribution in [0.5, 0.6) is 0 Å². The van der Waals surface area contributed by atoms with Crippen molar-refractivity contribution in [3.05, 3.63) is 0 Å². The number of halogens is 3. The van der Waals surface area contributed by atoms with Crippen LogP contribution in [-0.2, 0) is 0 Å². The molecule has 108 valence electrons. The maximum Gasteiger partial charge on any atom is 0.389 e. The zero-order chi connectivity index (χ0) is 13.6. The summed E-state index contributed by atoms with van der Waals surface area (Å²) >= 11 is 0. The first kappa shape index (κ1) is 15.8. The molecule has 4 heteroatoms. The molecule has 0 aromatic heterocycles. The fraction of sp³-hybridized carbons (Fsp3) is 1.00. The van der Waals surface area contributed by atoms with Gasteiger partial charge in [-0.1, -0.05) is 13.8 Å². The molecular weight excluding hydrogens is 239 g/mol. The standard InChI is InChI=1S/C14H26F3N/c1-11(2)12-5-7-13(8-6-12)18-10-4-3-9-14(15,16)17/h11-13,18H,3-10H2,1-2H3. The van der Waals surface area contributed by atoms with Crippen LogP contribution in [0.1, 0.15) is 58.8 Å². The van der Waals surface area contributed by atoms with Gasteiger partial charge in [0.1, 0.15) is 0 Å². The Kier molecular flexibility index (Phi) is 6.47. The molecule has 0 aromatic carbocycles. The average Bonchev–Trinajstić information content (AvgIpc) is 2.27. The summed E-state index contributed by atoms with van der Waals surface area (Å²) in [6.07, 6.45) is 1.13. The highest BCUT2D eigenvalue weighted by atomic mass is 19.4. The van der Waals surface area contributed by atoms with E-state index in [1.807, 2.05) is 0 Å². The van der Waals surface area contributed by atoms with Crippen molar-refractivity contribution in [2.75, 3.05) is 6.54 Å². The highest BCUT2D eigenvalue weighted by molar-refractivity contribution is 4.78. The highest BCUT2D eigenvalue weighted by Gasteiger charge is 2.26. The summed E-state index contributed by atoms with van der Waals surface area (Å²) in [5.41, 5.74) is 0. The third-order valence-electron chi connectivity index (χ3n) is 4.03. The number of alkyl halides is 3. The number of hydrogen-bond acceptors (Lipinski definition) is 1. The van der Waals surface area contributed by atoms with Crippen molar-refractivity contribution >= 4 is 0 Å². The van der Waals surface area contributed by atoms with Crippen molar-refractivity contribution in [2.45, 2.75) is 71.0 Å². The first-order chi connectivity index (χ1) is 8.38. The Bertz CT molecular complexity index is 218. The predicted molar refractivity (Wildman–Crippen MR) is 68.5 cm³/mol. The summed E-state index contributed by atoms with van der Waals surface area (Å²) in [5, 5.41) is 3.40. The van der Waals surface area contributed by atoms with Gasteiger partial charge >= 0.3 is 6.18 Å². The Morgan fingerprint density at radius 2 is 1.67 bits per heavy atom. The van der Waals surface area contributed by atoms with E-state index >= 15 is 0 Å². The van der Waals surface area contributed by atoms with Crippen molar-refractivity contribution in [3.8, 4) is 0 Å². The van der Waals surface area contributed by atoms with Crippen LogP contribution in [0.2, 0.25) is 0 Å². The lowest BCUT2D eigenvalue weighted by atomic mass is 9.80. The number of rotatable bonds is 6. The van der Waals surface area contributed by atoms with Crippen LogP contribution in [-0.4, -0.2) is 18.8 Å². The average molecular weight is 265 g/mol. The zero-order valence-electron chi connectivity index (χ0n) is 11.5. The fourth-order valence-electron chi connectivity index (χ4n) is 2.75. The molecule has 0 heterocycles. The molecule has 0 aromatic rings. The molecule has 0 radical (unpaired) electrons. The molecule has 1 aliphatic rings. The van der Waals surface area contributed by atoms with E-state index in [9.17, 15) is 13.2 Å². The minimum absolute atomic E-state index is 0.248. The molecule has 0 amide bonds. The Labute approximate surface area is 109 Å². The third-order valence-corrected chi connectivity index (χ3v) is 4.03. The molecule has 0 spiro atoms.